The summed E-state index contributed by atoms with van der Waals surface area (Å²) in [6.45, 7) is 5.61. The molecule has 0 aliphatic heterocycles. The molecule has 3 aromatic rings. The molecule has 0 aliphatic rings. The zero-order valence-electron chi connectivity index (χ0n) is 12.1. The standard InChI is InChI=1S/C16H16N2O2S/c1-16(2,3)14(19)18-15-17-11(9-21-15)13-8-10-6-4-5-7-12(10)20-13/h4-9H,1-3H3,(H,17,18,19). The molecule has 4 nitrogen and oxygen atoms in total. The SMILES string of the molecule is CC(C)(C)C(=O)Nc1nc(-c2cc3ccccc3o2)cs1. The lowest BCUT2D eigenvalue weighted by atomic mass is 9.96. The average molecular weight is 300 g/mol. The first-order valence-corrected chi connectivity index (χ1v) is 7.57. The summed E-state index contributed by atoms with van der Waals surface area (Å²) in [7, 11) is 0. The van der Waals surface area contributed by atoms with E-state index in [9.17, 15) is 4.79 Å². The molecule has 108 valence electrons. The van der Waals surface area contributed by atoms with E-state index in [2.05, 4.69) is 10.3 Å². The molecule has 2 heterocycles. The molecule has 0 unspecified atom stereocenters. The number of hydrogen-bond donors (Lipinski definition) is 1. The zero-order chi connectivity index (χ0) is 15.0. The molecule has 1 amide bonds. The van der Waals surface area contributed by atoms with Gasteiger partial charge in [-0.2, -0.15) is 0 Å². The number of para-hydroxylation sites is 1. The molecule has 1 aromatic carbocycles. The lowest BCUT2D eigenvalue weighted by molar-refractivity contribution is -0.123. The highest BCUT2D eigenvalue weighted by molar-refractivity contribution is 7.14. The van der Waals surface area contributed by atoms with Crippen LogP contribution in [0.3, 0.4) is 0 Å². The summed E-state index contributed by atoms with van der Waals surface area (Å²) in [5, 5.41) is 6.35. The van der Waals surface area contributed by atoms with E-state index in [0.717, 1.165) is 16.7 Å². The van der Waals surface area contributed by atoms with E-state index in [1.807, 2.05) is 56.5 Å². The molecule has 0 saturated heterocycles. The van der Waals surface area contributed by atoms with Gasteiger partial charge >= 0.3 is 0 Å². The number of nitrogens with one attached hydrogen (secondary N) is 1. The number of amides is 1. The largest absolute Gasteiger partial charge is 0.454 e. The van der Waals surface area contributed by atoms with Gasteiger partial charge in [-0.15, -0.1) is 11.3 Å². The number of benzene rings is 1. The van der Waals surface area contributed by atoms with Crippen molar-refractivity contribution in [3.63, 3.8) is 0 Å². The third-order valence-electron chi connectivity index (χ3n) is 3.08. The second-order valence-corrected chi connectivity index (χ2v) is 6.75. The molecule has 2 aromatic heterocycles. The molecule has 0 bridgehead atoms. The van der Waals surface area contributed by atoms with Gasteiger partial charge in [0.05, 0.1) is 0 Å². The molecule has 0 aliphatic carbocycles. The minimum Gasteiger partial charge on any atom is -0.454 e. The van der Waals surface area contributed by atoms with Gasteiger partial charge in [0.2, 0.25) is 5.91 Å². The molecular weight excluding hydrogens is 284 g/mol. The highest BCUT2D eigenvalue weighted by Gasteiger charge is 2.22. The molecule has 0 saturated carbocycles. The van der Waals surface area contributed by atoms with Crippen molar-refractivity contribution in [1.29, 1.82) is 0 Å². The van der Waals surface area contributed by atoms with Gasteiger partial charge in [0, 0.05) is 16.2 Å². The van der Waals surface area contributed by atoms with E-state index < -0.39 is 5.41 Å². The van der Waals surface area contributed by atoms with E-state index in [4.69, 9.17) is 4.42 Å². The number of rotatable bonds is 2. The van der Waals surface area contributed by atoms with Crippen LogP contribution in [0.25, 0.3) is 22.4 Å². The molecule has 0 atom stereocenters. The summed E-state index contributed by atoms with van der Waals surface area (Å²) in [5.41, 5.74) is 1.13. The maximum absolute atomic E-state index is 12.0. The van der Waals surface area contributed by atoms with E-state index in [1.165, 1.54) is 11.3 Å². The first-order chi connectivity index (χ1) is 9.93. The Morgan fingerprint density at radius 1 is 1.29 bits per heavy atom. The van der Waals surface area contributed by atoms with Crippen molar-refractivity contribution in [3.8, 4) is 11.5 Å². The van der Waals surface area contributed by atoms with Gasteiger partial charge in [-0.3, -0.25) is 4.79 Å². The summed E-state index contributed by atoms with van der Waals surface area (Å²) < 4.78 is 5.77. The van der Waals surface area contributed by atoms with Crippen LogP contribution in [0.4, 0.5) is 5.13 Å². The summed E-state index contributed by atoms with van der Waals surface area (Å²) in [4.78, 5) is 16.4. The van der Waals surface area contributed by atoms with Crippen LogP contribution in [0.2, 0.25) is 0 Å². The third-order valence-corrected chi connectivity index (χ3v) is 3.84. The number of thiazole rings is 1. The zero-order valence-corrected chi connectivity index (χ0v) is 13.0. The summed E-state index contributed by atoms with van der Waals surface area (Å²) in [5.74, 6) is 0.664. The van der Waals surface area contributed by atoms with Crippen molar-refractivity contribution in [1.82, 2.24) is 4.98 Å². The number of furan rings is 1. The van der Waals surface area contributed by atoms with Gasteiger partial charge < -0.3 is 9.73 Å². The second-order valence-electron chi connectivity index (χ2n) is 5.89. The third kappa shape index (κ3) is 2.83. The number of hydrogen-bond acceptors (Lipinski definition) is 4. The van der Waals surface area contributed by atoms with Crippen LogP contribution in [-0.4, -0.2) is 10.9 Å². The van der Waals surface area contributed by atoms with Crippen molar-refractivity contribution >= 4 is 33.3 Å². The fraction of sp³-hybridized carbons (Fsp3) is 0.250. The summed E-state index contributed by atoms with van der Waals surface area (Å²) >= 11 is 1.40. The fourth-order valence-corrected chi connectivity index (χ4v) is 2.53. The number of fused-ring (bicyclic) bond motifs is 1. The molecule has 0 fully saturated rings. The highest BCUT2D eigenvalue weighted by atomic mass is 32.1. The van der Waals surface area contributed by atoms with E-state index >= 15 is 0 Å². The van der Waals surface area contributed by atoms with Crippen LogP contribution < -0.4 is 5.32 Å². The van der Waals surface area contributed by atoms with Crippen LogP contribution in [0.15, 0.2) is 40.1 Å². The molecule has 1 N–H and O–H groups in total. The lowest BCUT2D eigenvalue weighted by Gasteiger charge is -2.15. The number of carbonyl (C=O) groups excluding carboxylic acids is 1. The maximum atomic E-state index is 12.0. The Kier molecular flexibility index (Phi) is 3.29. The molecule has 0 radical (unpaired) electrons. The van der Waals surface area contributed by atoms with Gasteiger partial charge in [-0.05, 0) is 12.1 Å². The number of anilines is 1. The first kappa shape index (κ1) is 13.8. The fourth-order valence-electron chi connectivity index (χ4n) is 1.84. The topological polar surface area (TPSA) is 55.1 Å². The second kappa shape index (κ2) is 5.00. The van der Waals surface area contributed by atoms with Gasteiger partial charge in [0.1, 0.15) is 11.3 Å². The van der Waals surface area contributed by atoms with Crippen LogP contribution >= 0.6 is 11.3 Å². The predicted octanol–water partition coefficient (Wildman–Crippen LogP) is 4.54. The van der Waals surface area contributed by atoms with Gasteiger partial charge in [0.25, 0.3) is 0 Å². The minimum atomic E-state index is -0.439. The number of nitrogens with zero attached hydrogens (tertiary/aromatic N) is 1. The Morgan fingerprint density at radius 2 is 2.05 bits per heavy atom. The number of aromatic nitrogens is 1. The Hall–Kier alpha value is -2.14. The normalized spacial score (nSPS) is 11.8. The van der Waals surface area contributed by atoms with E-state index in [0.29, 0.717) is 10.9 Å². The van der Waals surface area contributed by atoms with Crippen molar-refractivity contribution in [3.05, 3.63) is 35.7 Å². The number of carbonyl (C=O) groups is 1. The van der Waals surface area contributed by atoms with Crippen LogP contribution in [0.5, 0.6) is 0 Å². The Labute approximate surface area is 126 Å². The first-order valence-electron chi connectivity index (χ1n) is 6.69. The molecule has 5 heteroatoms. The Balaban J connectivity index is 1.86. The van der Waals surface area contributed by atoms with E-state index in [1.54, 1.807) is 0 Å². The Bertz CT molecular complexity index is 763. The van der Waals surface area contributed by atoms with Crippen molar-refractivity contribution in [2.45, 2.75) is 20.8 Å². The quantitative estimate of drug-likeness (QED) is 0.756. The molecule has 21 heavy (non-hydrogen) atoms. The van der Waals surface area contributed by atoms with Crippen molar-refractivity contribution < 1.29 is 9.21 Å². The van der Waals surface area contributed by atoms with Crippen molar-refractivity contribution in [2.24, 2.45) is 5.41 Å². The molecule has 3 rings (SSSR count). The summed E-state index contributed by atoms with van der Waals surface area (Å²) in [6.07, 6.45) is 0. The monoisotopic (exact) mass is 300 g/mol. The minimum absolute atomic E-state index is 0.0481. The van der Waals surface area contributed by atoms with Gasteiger partial charge in [-0.25, -0.2) is 4.98 Å². The van der Waals surface area contributed by atoms with Crippen LogP contribution in [0.1, 0.15) is 20.8 Å². The summed E-state index contributed by atoms with van der Waals surface area (Å²) in [6, 6.07) is 9.79. The van der Waals surface area contributed by atoms with Crippen molar-refractivity contribution in [2.75, 3.05) is 5.32 Å². The maximum Gasteiger partial charge on any atom is 0.231 e. The average Bonchev–Trinajstić information content (AvgIpc) is 3.02. The predicted molar refractivity (Wildman–Crippen MR) is 85.4 cm³/mol. The molecular formula is C16H16N2O2S. The van der Waals surface area contributed by atoms with Crippen LogP contribution in [0, 0.1) is 5.41 Å². The lowest BCUT2D eigenvalue weighted by Crippen LogP contribution is -2.27. The Morgan fingerprint density at radius 3 is 2.76 bits per heavy atom. The van der Waals surface area contributed by atoms with Gasteiger partial charge in [-0.1, -0.05) is 39.0 Å². The molecule has 0 spiro atoms. The smallest absolute Gasteiger partial charge is 0.231 e. The highest BCUT2D eigenvalue weighted by Crippen LogP contribution is 2.30. The van der Waals surface area contributed by atoms with Gasteiger partial charge in [0.15, 0.2) is 10.9 Å². The van der Waals surface area contributed by atoms with E-state index in [-0.39, 0.29) is 5.91 Å². The van der Waals surface area contributed by atoms with Crippen LogP contribution in [-0.2, 0) is 4.79 Å².